The largest absolute Gasteiger partial charge is 0.403 e. The van der Waals surface area contributed by atoms with Crippen LogP contribution in [0.2, 0.25) is 0 Å². The molecule has 0 aliphatic heterocycles. The van der Waals surface area contributed by atoms with Crippen molar-refractivity contribution in [1.82, 2.24) is 9.97 Å². The number of fused-ring (bicyclic) bond motifs is 1. The van der Waals surface area contributed by atoms with E-state index in [9.17, 15) is 18.4 Å². The second-order valence-corrected chi connectivity index (χ2v) is 3.77. The predicted molar refractivity (Wildman–Crippen MR) is 59.9 cm³/mol. The van der Waals surface area contributed by atoms with Crippen molar-refractivity contribution in [3.05, 3.63) is 38.2 Å². The minimum atomic E-state index is -2.93. The van der Waals surface area contributed by atoms with Gasteiger partial charge in [-0.05, 0) is 12.0 Å². The molecule has 0 aromatic carbocycles. The summed E-state index contributed by atoms with van der Waals surface area (Å²) < 4.78 is 29.6. The third-order valence-corrected chi connectivity index (χ3v) is 2.44. The van der Waals surface area contributed by atoms with E-state index in [0.717, 1.165) is 0 Å². The van der Waals surface area contributed by atoms with Gasteiger partial charge in [-0.2, -0.15) is 4.98 Å². The Morgan fingerprint density at radius 2 is 2.17 bits per heavy atom. The van der Waals surface area contributed by atoms with Crippen LogP contribution in [0, 0.1) is 0 Å². The zero-order valence-corrected chi connectivity index (χ0v) is 9.50. The highest BCUT2D eigenvalue weighted by Crippen LogP contribution is 2.17. The van der Waals surface area contributed by atoms with Gasteiger partial charge in [-0.3, -0.25) is 4.79 Å². The number of halogens is 2. The maximum absolute atomic E-state index is 12.5. The lowest BCUT2D eigenvalue weighted by Gasteiger charge is -2.04. The van der Waals surface area contributed by atoms with Gasteiger partial charge >= 0.3 is 5.63 Å². The van der Waals surface area contributed by atoms with Gasteiger partial charge in [-0.15, -0.1) is 0 Å². The molecule has 96 valence electrons. The summed E-state index contributed by atoms with van der Waals surface area (Å²) in [5.74, 6) is -0.802. The molecule has 5 nitrogen and oxygen atoms in total. The van der Waals surface area contributed by atoms with Gasteiger partial charge in [-0.1, -0.05) is 13.3 Å². The van der Waals surface area contributed by atoms with Crippen molar-refractivity contribution in [3.8, 4) is 0 Å². The minimum absolute atomic E-state index is 0.0563. The third kappa shape index (κ3) is 2.15. The zero-order chi connectivity index (χ0) is 13.3. The maximum atomic E-state index is 12.5. The van der Waals surface area contributed by atoms with Gasteiger partial charge in [0.25, 0.3) is 12.0 Å². The van der Waals surface area contributed by atoms with Gasteiger partial charge in [0.2, 0.25) is 5.71 Å². The van der Waals surface area contributed by atoms with Crippen LogP contribution in [0.3, 0.4) is 0 Å². The molecular weight excluding hydrogens is 246 g/mol. The number of aryl methyl sites for hydroxylation is 1. The summed E-state index contributed by atoms with van der Waals surface area (Å²) in [6.07, 6.45) is -1.75. The predicted octanol–water partition coefficient (Wildman–Crippen LogP) is 1.77. The lowest BCUT2D eigenvalue weighted by Crippen LogP contribution is -2.16. The molecule has 2 heterocycles. The van der Waals surface area contributed by atoms with Gasteiger partial charge < -0.3 is 9.40 Å². The Hall–Kier alpha value is -2.05. The van der Waals surface area contributed by atoms with Crippen LogP contribution < -0.4 is 11.2 Å². The number of H-pyrrole nitrogens is 1. The molecule has 18 heavy (non-hydrogen) atoms. The van der Waals surface area contributed by atoms with Gasteiger partial charge in [-0.25, -0.2) is 13.6 Å². The molecule has 0 bridgehead atoms. The molecule has 0 saturated heterocycles. The molecule has 0 saturated carbocycles. The fourth-order valence-electron chi connectivity index (χ4n) is 1.74. The Balaban J connectivity index is 2.82. The van der Waals surface area contributed by atoms with Crippen molar-refractivity contribution in [2.45, 2.75) is 26.2 Å². The number of alkyl halides is 2. The van der Waals surface area contributed by atoms with Crippen LogP contribution in [-0.2, 0) is 6.42 Å². The molecule has 0 aliphatic carbocycles. The zero-order valence-electron chi connectivity index (χ0n) is 9.50. The van der Waals surface area contributed by atoms with Crippen LogP contribution >= 0.6 is 0 Å². The summed E-state index contributed by atoms with van der Waals surface area (Å²) in [4.78, 5) is 28.4. The number of nitrogens with zero attached hydrogens (tertiary/aromatic N) is 1. The highest BCUT2D eigenvalue weighted by molar-refractivity contribution is 5.75. The number of rotatable bonds is 3. The van der Waals surface area contributed by atoms with Crippen LogP contribution in [0.4, 0.5) is 8.78 Å². The molecule has 0 radical (unpaired) electrons. The molecule has 0 amide bonds. The maximum Gasteiger partial charge on any atom is 0.337 e. The van der Waals surface area contributed by atoms with Crippen molar-refractivity contribution in [3.63, 3.8) is 0 Å². The molecule has 0 spiro atoms. The lowest BCUT2D eigenvalue weighted by molar-refractivity contribution is 0.140. The third-order valence-electron chi connectivity index (χ3n) is 2.44. The average molecular weight is 256 g/mol. The summed E-state index contributed by atoms with van der Waals surface area (Å²) in [6.45, 7) is 1.87. The Bertz CT molecular complexity index is 691. The minimum Gasteiger partial charge on any atom is -0.403 e. The van der Waals surface area contributed by atoms with Crippen molar-refractivity contribution < 1.29 is 13.2 Å². The second kappa shape index (κ2) is 4.67. The SMILES string of the molecule is CCCc1cc(=O)oc2nc(C(F)F)[nH]c(=O)c12. The van der Waals surface area contributed by atoms with E-state index in [0.29, 0.717) is 18.4 Å². The first-order valence-corrected chi connectivity index (χ1v) is 5.38. The molecule has 7 heteroatoms. The highest BCUT2D eigenvalue weighted by Gasteiger charge is 2.16. The van der Waals surface area contributed by atoms with Crippen LogP contribution in [0.1, 0.15) is 31.2 Å². The fourth-order valence-corrected chi connectivity index (χ4v) is 1.74. The molecule has 0 unspecified atom stereocenters. The normalized spacial score (nSPS) is 11.3. The van der Waals surface area contributed by atoms with Crippen LogP contribution in [0.25, 0.3) is 11.1 Å². The molecule has 2 rings (SSSR count). The van der Waals surface area contributed by atoms with Crippen molar-refractivity contribution >= 4 is 11.1 Å². The van der Waals surface area contributed by atoms with E-state index in [4.69, 9.17) is 4.42 Å². The van der Waals surface area contributed by atoms with Gasteiger partial charge in [0.1, 0.15) is 5.39 Å². The first-order chi connectivity index (χ1) is 8.52. The van der Waals surface area contributed by atoms with Gasteiger partial charge in [0.15, 0.2) is 5.82 Å². The van der Waals surface area contributed by atoms with Crippen molar-refractivity contribution in [1.29, 1.82) is 0 Å². The van der Waals surface area contributed by atoms with Crippen LogP contribution in [-0.4, -0.2) is 9.97 Å². The van der Waals surface area contributed by atoms with E-state index in [1.54, 1.807) is 0 Å². The Morgan fingerprint density at radius 3 is 2.78 bits per heavy atom. The van der Waals surface area contributed by atoms with Crippen molar-refractivity contribution in [2.75, 3.05) is 0 Å². The van der Waals surface area contributed by atoms with E-state index in [-0.39, 0.29) is 11.1 Å². The number of hydrogen-bond donors (Lipinski definition) is 1. The monoisotopic (exact) mass is 256 g/mol. The number of aromatic nitrogens is 2. The number of hydrogen-bond acceptors (Lipinski definition) is 4. The quantitative estimate of drug-likeness (QED) is 0.907. The average Bonchev–Trinajstić information content (AvgIpc) is 2.27. The highest BCUT2D eigenvalue weighted by atomic mass is 19.3. The number of aromatic amines is 1. The topological polar surface area (TPSA) is 76.0 Å². The molecular formula is C11H10F2N2O3. The molecule has 0 aliphatic rings. The second-order valence-electron chi connectivity index (χ2n) is 3.77. The first-order valence-electron chi connectivity index (χ1n) is 5.38. The first kappa shape index (κ1) is 12.4. The standard InChI is InChI=1S/C11H10F2N2O3/c1-2-3-5-4-6(16)18-11-7(5)10(17)14-9(15-11)8(12)13/h4,8H,2-3H2,1H3,(H,14,15,17). The summed E-state index contributed by atoms with van der Waals surface area (Å²) in [6, 6.07) is 1.19. The van der Waals surface area contributed by atoms with Crippen LogP contribution in [0.15, 0.2) is 20.1 Å². The molecule has 1 N–H and O–H groups in total. The summed E-state index contributed by atoms with van der Waals surface area (Å²) in [7, 11) is 0. The Kier molecular flexibility index (Phi) is 3.22. The summed E-state index contributed by atoms with van der Waals surface area (Å²) in [5.41, 5.74) is -1.31. The lowest BCUT2D eigenvalue weighted by atomic mass is 10.1. The molecule has 2 aromatic rings. The molecule has 2 aromatic heterocycles. The fraction of sp³-hybridized carbons (Fsp3) is 0.364. The Labute approximate surface area is 99.5 Å². The van der Waals surface area contributed by atoms with E-state index in [1.807, 2.05) is 11.9 Å². The smallest absolute Gasteiger partial charge is 0.337 e. The van der Waals surface area contributed by atoms with Crippen LogP contribution in [0.5, 0.6) is 0 Å². The van der Waals surface area contributed by atoms with E-state index >= 15 is 0 Å². The van der Waals surface area contributed by atoms with Crippen molar-refractivity contribution in [2.24, 2.45) is 0 Å². The van der Waals surface area contributed by atoms with E-state index in [2.05, 4.69) is 4.98 Å². The summed E-state index contributed by atoms with van der Waals surface area (Å²) in [5, 5.41) is 0.0563. The van der Waals surface area contributed by atoms with Gasteiger partial charge in [0.05, 0.1) is 0 Å². The van der Waals surface area contributed by atoms with Gasteiger partial charge in [0, 0.05) is 6.07 Å². The molecule has 0 atom stereocenters. The molecule has 0 fully saturated rings. The van der Waals surface area contributed by atoms with E-state index < -0.39 is 23.4 Å². The number of nitrogens with one attached hydrogen (secondary N) is 1. The van der Waals surface area contributed by atoms with E-state index in [1.165, 1.54) is 6.07 Å². The summed E-state index contributed by atoms with van der Waals surface area (Å²) >= 11 is 0. The Morgan fingerprint density at radius 1 is 1.44 bits per heavy atom.